The van der Waals surface area contributed by atoms with E-state index in [2.05, 4.69) is 0 Å². The number of hydrogen-bond donors (Lipinski definition) is 1. The molecule has 0 aliphatic rings. The number of thiophene rings is 1. The predicted molar refractivity (Wildman–Crippen MR) is 84.8 cm³/mol. The first kappa shape index (κ1) is 15.8. The Morgan fingerprint density at radius 2 is 2.19 bits per heavy atom. The largest absolute Gasteiger partial charge is 0.467 e. The molecular formula is C16H22N2O2S. The molecular weight excluding hydrogens is 284 g/mol. The summed E-state index contributed by atoms with van der Waals surface area (Å²) in [6.07, 6.45) is 3.17. The van der Waals surface area contributed by atoms with Crippen molar-refractivity contribution in [3.63, 3.8) is 0 Å². The normalized spacial score (nSPS) is 13.9. The third kappa shape index (κ3) is 4.19. The zero-order valence-corrected chi connectivity index (χ0v) is 13.4. The highest BCUT2D eigenvalue weighted by atomic mass is 32.1. The summed E-state index contributed by atoms with van der Waals surface area (Å²) in [4.78, 5) is 15.7. The van der Waals surface area contributed by atoms with Crippen LogP contribution in [0.5, 0.6) is 0 Å². The summed E-state index contributed by atoms with van der Waals surface area (Å²) in [5, 5.41) is 2.01. The Morgan fingerprint density at radius 3 is 2.76 bits per heavy atom. The second-order valence-electron chi connectivity index (χ2n) is 5.49. The monoisotopic (exact) mass is 306 g/mol. The van der Waals surface area contributed by atoms with E-state index in [4.69, 9.17) is 10.2 Å². The fourth-order valence-corrected chi connectivity index (χ4v) is 3.09. The quantitative estimate of drug-likeness (QED) is 0.853. The van der Waals surface area contributed by atoms with Gasteiger partial charge < -0.3 is 15.1 Å². The molecule has 2 aromatic rings. The zero-order valence-electron chi connectivity index (χ0n) is 12.5. The van der Waals surface area contributed by atoms with E-state index < -0.39 is 5.54 Å². The van der Waals surface area contributed by atoms with Crippen LogP contribution >= 0.6 is 11.3 Å². The molecule has 0 bridgehead atoms. The summed E-state index contributed by atoms with van der Waals surface area (Å²) < 4.78 is 5.37. The second-order valence-corrected chi connectivity index (χ2v) is 6.52. The summed E-state index contributed by atoms with van der Waals surface area (Å²) in [5.74, 6) is 0.737. The average molecular weight is 306 g/mol. The minimum absolute atomic E-state index is 0.0332. The number of furan rings is 1. The Bertz CT molecular complexity index is 511. The molecule has 2 heterocycles. The van der Waals surface area contributed by atoms with Gasteiger partial charge in [-0.15, -0.1) is 11.3 Å². The topological polar surface area (TPSA) is 59.5 Å². The Balaban J connectivity index is 2.16. The van der Waals surface area contributed by atoms with Gasteiger partial charge >= 0.3 is 0 Å². The van der Waals surface area contributed by atoms with E-state index in [1.165, 1.54) is 0 Å². The van der Waals surface area contributed by atoms with Crippen molar-refractivity contribution < 1.29 is 9.21 Å². The Kier molecular flexibility index (Phi) is 5.20. The number of nitrogens with two attached hydrogens (primary N) is 1. The van der Waals surface area contributed by atoms with Crippen LogP contribution in [0.2, 0.25) is 0 Å². The van der Waals surface area contributed by atoms with Gasteiger partial charge in [0.15, 0.2) is 0 Å². The van der Waals surface area contributed by atoms with Crippen LogP contribution in [0, 0.1) is 0 Å². The highest BCUT2D eigenvalue weighted by Gasteiger charge is 2.32. The van der Waals surface area contributed by atoms with E-state index in [9.17, 15) is 4.79 Å². The Hall–Kier alpha value is -1.59. The zero-order chi connectivity index (χ0) is 15.3. The number of hydrogen-bond acceptors (Lipinski definition) is 4. The van der Waals surface area contributed by atoms with Gasteiger partial charge in [-0.25, -0.2) is 0 Å². The van der Waals surface area contributed by atoms with E-state index in [-0.39, 0.29) is 5.91 Å². The molecule has 0 spiro atoms. The minimum Gasteiger partial charge on any atom is -0.467 e. The smallest absolute Gasteiger partial charge is 0.243 e. The van der Waals surface area contributed by atoms with Crippen LogP contribution in [0.1, 0.15) is 37.3 Å². The highest BCUT2D eigenvalue weighted by Crippen LogP contribution is 2.20. The third-order valence-electron chi connectivity index (χ3n) is 3.40. The first-order chi connectivity index (χ1) is 10.0. The lowest BCUT2D eigenvalue weighted by molar-refractivity contribution is -0.138. The fourth-order valence-electron chi connectivity index (χ4n) is 2.37. The van der Waals surface area contributed by atoms with Crippen LogP contribution in [-0.2, 0) is 17.9 Å². The first-order valence-corrected chi connectivity index (χ1v) is 8.04. The van der Waals surface area contributed by atoms with Crippen LogP contribution in [0.3, 0.4) is 0 Å². The van der Waals surface area contributed by atoms with Crippen LogP contribution in [0.4, 0.5) is 0 Å². The number of amides is 1. The lowest BCUT2D eigenvalue weighted by Crippen LogP contribution is -2.52. The summed E-state index contributed by atoms with van der Waals surface area (Å²) in [6, 6.07) is 7.73. The molecule has 0 saturated carbocycles. The molecule has 2 N–H and O–H groups in total. The maximum atomic E-state index is 12.8. The van der Waals surface area contributed by atoms with Crippen LogP contribution in [0.15, 0.2) is 40.3 Å². The molecule has 0 saturated heterocycles. The summed E-state index contributed by atoms with van der Waals surface area (Å²) in [7, 11) is 0. The molecule has 5 heteroatoms. The summed E-state index contributed by atoms with van der Waals surface area (Å²) >= 11 is 1.64. The third-order valence-corrected chi connectivity index (χ3v) is 4.26. The number of carbonyl (C=O) groups excluding carboxylic acids is 1. The molecule has 2 aromatic heterocycles. The van der Waals surface area contributed by atoms with Crippen LogP contribution in [-0.4, -0.2) is 16.3 Å². The van der Waals surface area contributed by atoms with E-state index in [1.807, 2.05) is 43.5 Å². The van der Waals surface area contributed by atoms with Crippen molar-refractivity contribution in [2.45, 2.75) is 45.3 Å². The minimum atomic E-state index is -0.835. The van der Waals surface area contributed by atoms with Crippen LogP contribution < -0.4 is 5.73 Å². The van der Waals surface area contributed by atoms with E-state index in [0.717, 1.165) is 17.1 Å². The van der Waals surface area contributed by atoms with E-state index in [0.29, 0.717) is 19.5 Å². The fraction of sp³-hybridized carbons (Fsp3) is 0.438. The van der Waals surface area contributed by atoms with Gasteiger partial charge in [0.2, 0.25) is 5.91 Å². The van der Waals surface area contributed by atoms with Gasteiger partial charge in [0.05, 0.1) is 24.9 Å². The molecule has 4 nitrogen and oxygen atoms in total. The molecule has 114 valence electrons. The number of nitrogens with zero attached hydrogens (tertiary/aromatic N) is 1. The molecule has 2 rings (SSSR count). The van der Waals surface area contributed by atoms with Crippen molar-refractivity contribution in [2.24, 2.45) is 5.73 Å². The van der Waals surface area contributed by atoms with Crippen molar-refractivity contribution in [2.75, 3.05) is 0 Å². The van der Waals surface area contributed by atoms with Crippen LogP contribution in [0.25, 0.3) is 0 Å². The average Bonchev–Trinajstić information content (AvgIpc) is 3.10. The molecule has 1 unspecified atom stereocenters. The second kappa shape index (κ2) is 6.91. The van der Waals surface area contributed by atoms with Crippen molar-refractivity contribution in [1.82, 2.24) is 4.90 Å². The molecule has 21 heavy (non-hydrogen) atoms. The van der Waals surface area contributed by atoms with Gasteiger partial charge in [-0.05, 0) is 36.9 Å². The van der Waals surface area contributed by atoms with Gasteiger partial charge in [-0.2, -0.15) is 0 Å². The number of rotatable bonds is 7. The Morgan fingerprint density at radius 1 is 1.38 bits per heavy atom. The standard InChI is InChI=1S/C16H22N2O2S/c1-3-8-16(2,17)15(19)18(11-13-6-4-9-20-13)12-14-7-5-10-21-14/h4-7,9-10H,3,8,11-12,17H2,1-2H3. The Labute approximate surface area is 129 Å². The molecule has 0 radical (unpaired) electrons. The molecule has 0 aromatic carbocycles. The lowest BCUT2D eigenvalue weighted by Gasteiger charge is -2.31. The van der Waals surface area contributed by atoms with Gasteiger partial charge in [0.1, 0.15) is 5.76 Å². The van der Waals surface area contributed by atoms with Gasteiger partial charge in [0.25, 0.3) is 0 Å². The highest BCUT2D eigenvalue weighted by molar-refractivity contribution is 7.09. The maximum absolute atomic E-state index is 12.8. The summed E-state index contributed by atoms with van der Waals surface area (Å²) in [5.41, 5.74) is 5.38. The molecule has 1 amide bonds. The first-order valence-electron chi connectivity index (χ1n) is 7.16. The lowest BCUT2D eigenvalue weighted by atomic mass is 9.95. The van der Waals surface area contributed by atoms with Crippen molar-refractivity contribution >= 4 is 17.2 Å². The van der Waals surface area contributed by atoms with E-state index >= 15 is 0 Å². The number of carbonyl (C=O) groups is 1. The molecule has 0 aliphatic heterocycles. The van der Waals surface area contributed by atoms with Gasteiger partial charge in [0, 0.05) is 4.88 Å². The molecule has 1 atom stereocenters. The van der Waals surface area contributed by atoms with Crippen molar-refractivity contribution in [3.8, 4) is 0 Å². The van der Waals surface area contributed by atoms with Gasteiger partial charge in [-0.3, -0.25) is 4.79 Å². The van der Waals surface area contributed by atoms with Crippen molar-refractivity contribution in [1.29, 1.82) is 0 Å². The molecule has 0 aliphatic carbocycles. The maximum Gasteiger partial charge on any atom is 0.243 e. The van der Waals surface area contributed by atoms with Gasteiger partial charge in [-0.1, -0.05) is 19.4 Å². The summed E-state index contributed by atoms with van der Waals surface area (Å²) in [6.45, 7) is 4.85. The SMILES string of the molecule is CCCC(C)(N)C(=O)N(Cc1ccco1)Cc1cccs1. The predicted octanol–water partition coefficient (Wildman–Crippen LogP) is 3.39. The van der Waals surface area contributed by atoms with Crippen molar-refractivity contribution in [3.05, 3.63) is 46.5 Å². The van der Waals surface area contributed by atoms with E-state index in [1.54, 1.807) is 22.5 Å². The molecule has 0 fully saturated rings.